The minimum atomic E-state index is -2.00. The molecule has 9 nitrogen and oxygen atoms in total. The molecule has 1 amide bonds. The van der Waals surface area contributed by atoms with Crippen LogP contribution in [0, 0.1) is 0 Å². The summed E-state index contributed by atoms with van der Waals surface area (Å²) in [5.74, 6) is -0.542. The van der Waals surface area contributed by atoms with E-state index in [1.165, 1.54) is 14.2 Å². The summed E-state index contributed by atoms with van der Waals surface area (Å²) in [6.45, 7) is 16.3. The van der Waals surface area contributed by atoms with Gasteiger partial charge in [0.1, 0.15) is 18.4 Å². The smallest absolute Gasteiger partial charge is 0.422 e. The van der Waals surface area contributed by atoms with Gasteiger partial charge in [0.15, 0.2) is 8.32 Å². The van der Waals surface area contributed by atoms with E-state index in [1.54, 1.807) is 20.8 Å². The third-order valence-electron chi connectivity index (χ3n) is 4.59. The van der Waals surface area contributed by atoms with E-state index in [-0.39, 0.29) is 18.3 Å². The molecule has 0 radical (unpaired) electrons. The molecule has 2 N–H and O–H groups in total. The number of methoxy groups -OCH3 is 2. The Hall–Kier alpha value is -1.20. The number of carbonyl (C=O) groups excluding carboxylic acids is 2. The van der Waals surface area contributed by atoms with Crippen molar-refractivity contribution in [1.29, 1.82) is 0 Å². The largest absolute Gasteiger partial charge is 0.468 e. The topological polar surface area (TPSA) is 104 Å². The molecule has 10 heteroatoms. The van der Waals surface area contributed by atoms with Crippen LogP contribution in [-0.4, -0.2) is 65.7 Å². The van der Waals surface area contributed by atoms with Gasteiger partial charge in [0.2, 0.25) is 0 Å². The molecule has 29 heavy (non-hydrogen) atoms. The Labute approximate surface area is 176 Å². The summed E-state index contributed by atoms with van der Waals surface area (Å²) in [6, 6.07) is -0.850. The minimum absolute atomic E-state index is 0.0388. The van der Waals surface area contributed by atoms with Crippen LogP contribution < -0.4 is 10.9 Å². The van der Waals surface area contributed by atoms with Crippen molar-refractivity contribution < 1.29 is 33.0 Å². The number of hydrazine groups is 1. The lowest BCUT2D eigenvalue weighted by Crippen LogP contribution is -2.52. The van der Waals surface area contributed by atoms with Gasteiger partial charge in [-0.15, -0.1) is 0 Å². The van der Waals surface area contributed by atoms with E-state index in [0.717, 1.165) is 0 Å². The Morgan fingerprint density at radius 1 is 1.03 bits per heavy atom. The highest BCUT2D eigenvalue weighted by Crippen LogP contribution is 2.36. The van der Waals surface area contributed by atoms with Crippen molar-refractivity contribution >= 4 is 20.4 Å². The van der Waals surface area contributed by atoms with Crippen molar-refractivity contribution in [2.75, 3.05) is 27.6 Å². The maximum absolute atomic E-state index is 12.2. The lowest BCUT2D eigenvalue weighted by molar-refractivity contribution is -0.146. The molecule has 0 aromatic carbocycles. The zero-order chi connectivity index (χ0) is 22.9. The maximum Gasteiger partial charge on any atom is 0.422 e. The molecule has 0 spiro atoms. The number of esters is 1. The number of ether oxygens (including phenoxy) is 4. The normalized spacial score (nSPS) is 14.8. The van der Waals surface area contributed by atoms with Gasteiger partial charge in [0.05, 0.1) is 19.8 Å². The summed E-state index contributed by atoms with van der Waals surface area (Å²) in [4.78, 5) is 24.1. The van der Waals surface area contributed by atoms with Crippen LogP contribution in [0.2, 0.25) is 18.1 Å². The Balaban J connectivity index is 5.07. The van der Waals surface area contributed by atoms with Crippen molar-refractivity contribution in [2.24, 2.45) is 0 Å². The molecule has 0 bridgehead atoms. The lowest BCUT2D eigenvalue weighted by Gasteiger charge is -2.37. The summed E-state index contributed by atoms with van der Waals surface area (Å²) in [5, 5.41) is 0.0388. The maximum atomic E-state index is 12.2. The molecule has 0 aromatic rings. The van der Waals surface area contributed by atoms with Crippen LogP contribution >= 0.6 is 0 Å². The molecule has 0 heterocycles. The Morgan fingerprint density at radius 2 is 1.62 bits per heavy atom. The van der Waals surface area contributed by atoms with Gasteiger partial charge in [-0.25, -0.2) is 10.2 Å². The SMILES string of the molecule is COCO[C@@H](CO[Si](C)(C)C(C)(C)C)C[C@@H](NNC(=O)OC(C)(C)C)C(=O)OC. The number of amides is 1. The van der Waals surface area contributed by atoms with Gasteiger partial charge in [0, 0.05) is 13.5 Å². The second-order valence-electron chi connectivity index (χ2n) is 9.35. The first-order chi connectivity index (χ1) is 13.1. The molecule has 0 fully saturated rings. The molecule has 0 aliphatic carbocycles. The number of hydrogen-bond acceptors (Lipinski definition) is 8. The Morgan fingerprint density at radius 3 is 2.07 bits per heavy atom. The summed E-state index contributed by atoms with van der Waals surface area (Å²) in [5.41, 5.74) is 4.39. The lowest BCUT2D eigenvalue weighted by atomic mass is 10.1. The first kappa shape index (κ1) is 27.8. The number of hydrogen-bond donors (Lipinski definition) is 2. The van der Waals surface area contributed by atoms with Crippen molar-refractivity contribution in [3.05, 3.63) is 0 Å². The first-order valence-electron chi connectivity index (χ1n) is 9.70. The second kappa shape index (κ2) is 11.8. The Kier molecular flexibility index (Phi) is 11.4. The summed E-state index contributed by atoms with van der Waals surface area (Å²) < 4.78 is 26.9. The third kappa shape index (κ3) is 11.5. The van der Waals surface area contributed by atoms with Gasteiger partial charge in [0.25, 0.3) is 0 Å². The van der Waals surface area contributed by atoms with Gasteiger partial charge < -0.3 is 23.4 Å². The van der Waals surface area contributed by atoms with Crippen molar-refractivity contribution in [2.45, 2.75) is 83.8 Å². The Bertz CT molecular complexity index is 516. The molecular weight excluding hydrogens is 396 g/mol. The molecular formula is C19H40N2O7Si. The van der Waals surface area contributed by atoms with E-state index in [1.807, 2.05) is 0 Å². The zero-order valence-corrected chi connectivity index (χ0v) is 20.6. The van der Waals surface area contributed by atoms with Crippen LogP contribution in [0.4, 0.5) is 4.79 Å². The highest BCUT2D eigenvalue weighted by molar-refractivity contribution is 6.74. The fourth-order valence-electron chi connectivity index (χ4n) is 1.94. The quantitative estimate of drug-likeness (QED) is 0.220. The molecule has 0 aliphatic rings. The van der Waals surface area contributed by atoms with E-state index < -0.39 is 38.1 Å². The van der Waals surface area contributed by atoms with Crippen LogP contribution in [0.15, 0.2) is 0 Å². The highest BCUT2D eigenvalue weighted by Gasteiger charge is 2.38. The predicted molar refractivity (Wildman–Crippen MR) is 113 cm³/mol. The molecule has 0 aromatic heterocycles. The van der Waals surface area contributed by atoms with Crippen LogP contribution in [-0.2, 0) is 28.2 Å². The summed E-state index contributed by atoms with van der Waals surface area (Å²) >= 11 is 0. The number of nitrogens with one attached hydrogen (secondary N) is 2. The van der Waals surface area contributed by atoms with Crippen molar-refractivity contribution in [3.63, 3.8) is 0 Å². The second-order valence-corrected chi connectivity index (χ2v) is 14.2. The van der Waals surface area contributed by atoms with Crippen LogP contribution in [0.1, 0.15) is 48.0 Å². The van der Waals surface area contributed by atoms with Crippen LogP contribution in [0.5, 0.6) is 0 Å². The third-order valence-corrected chi connectivity index (χ3v) is 9.09. The predicted octanol–water partition coefficient (Wildman–Crippen LogP) is 2.96. The first-order valence-corrected chi connectivity index (χ1v) is 12.6. The van der Waals surface area contributed by atoms with E-state index in [4.69, 9.17) is 23.4 Å². The molecule has 0 saturated carbocycles. The standard InChI is InChI=1S/C19H40N2O7Si/c1-18(2,3)28-17(23)21-20-15(16(22)25-8)11-14(26-13-24-7)12-27-29(9,10)19(4,5)6/h14-15,20H,11-13H2,1-10H3,(H,21,23)/t14-,15-/m1/s1. The van der Waals surface area contributed by atoms with Crippen LogP contribution in [0.25, 0.3) is 0 Å². The molecule has 0 saturated heterocycles. The minimum Gasteiger partial charge on any atom is -0.468 e. The molecule has 2 atom stereocenters. The molecule has 0 aliphatic heterocycles. The van der Waals surface area contributed by atoms with Gasteiger partial charge in [-0.3, -0.25) is 10.2 Å². The van der Waals surface area contributed by atoms with Crippen LogP contribution in [0.3, 0.4) is 0 Å². The number of rotatable bonds is 11. The van der Waals surface area contributed by atoms with Gasteiger partial charge in [-0.2, -0.15) is 0 Å². The van der Waals surface area contributed by atoms with E-state index in [9.17, 15) is 9.59 Å². The molecule has 0 rings (SSSR count). The number of carbonyl (C=O) groups is 2. The fourth-order valence-corrected chi connectivity index (χ4v) is 2.97. The highest BCUT2D eigenvalue weighted by atomic mass is 28.4. The summed E-state index contributed by atoms with van der Waals surface area (Å²) in [7, 11) is 0.795. The van der Waals surface area contributed by atoms with Gasteiger partial charge in [-0.05, 0) is 38.9 Å². The van der Waals surface area contributed by atoms with Gasteiger partial charge >= 0.3 is 12.1 Å². The average molecular weight is 437 g/mol. The fraction of sp³-hybridized carbons (Fsp3) is 0.895. The van der Waals surface area contributed by atoms with Crippen molar-refractivity contribution in [1.82, 2.24) is 10.9 Å². The zero-order valence-electron chi connectivity index (χ0n) is 19.6. The molecule has 0 unspecified atom stereocenters. The van der Waals surface area contributed by atoms with E-state index in [2.05, 4.69) is 44.7 Å². The average Bonchev–Trinajstić information content (AvgIpc) is 2.57. The van der Waals surface area contributed by atoms with E-state index in [0.29, 0.717) is 6.61 Å². The summed E-state index contributed by atoms with van der Waals surface area (Å²) in [6.07, 6.45) is -0.931. The van der Waals surface area contributed by atoms with Gasteiger partial charge in [-0.1, -0.05) is 20.8 Å². The van der Waals surface area contributed by atoms with E-state index >= 15 is 0 Å². The monoisotopic (exact) mass is 436 g/mol. The molecule has 172 valence electrons. The van der Waals surface area contributed by atoms with Crippen molar-refractivity contribution in [3.8, 4) is 0 Å².